The summed E-state index contributed by atoms with van der Waals surface area (Å²) in [5, 5.41) is 0. The first kappa shape index (κ1) is 13.7. The largest absolute Gasteiger partial charge is 0.330 e. The molecule has 1 aromatic rings. The van der Waals surface area contributed by atoms with Crippen molar-refractivity contribution in [1.29, 1.82) is 0 Å². The van der Waals surface area contributed by atoms with E-state index in [1.165, 1.54) is 0 Å². The molecule has 0 fully saturated rings. The normalized spacial score (nSPS) is 15.2. The molecule has 0 aromatic carbocycles. The van der Waals surface area contributed by atoms with E-state index in [9.17, 15) is 0 Å². The van der Waals surface area contributed by atoms with E-state index in [2.05, 4.69) is 48.4 Å². The minimum atomic E-state index is 0.937. The second-order valence-electron chi connectivity index (χ2n) is 5.08. The molecule has 2 heterocycles. The van der Waals surface area contributed by atoms with E-state index in [-0.39, 0.29) is 0 Å². The predicted octanol–water partition coefficient (Wildman–Crippen LogP) is 2.98. The molecular formula is C15H24N4. The number of hydrogen-bond acceptors (Lipinski definition) is 3. The third-order valence-electron chi connectivity index (χ3n) is 3.72. The number of rotatable bonds is 4. The van der Waals surface area contributed by atoms with Gasteiger partial charge in [-0.25, -0.2) is 4.98 Å². The molecular weight excluding hydrogens is 236 g/mol. The van der Waals surface area contributed by atoms with Gasteiger partial charge in [-0.3, -0.25) is 0 Å². The second kappa shape index (κ2) is 5.11. The highest BCUT2D eigenvalue weighted by atomic mass is 15.4. The van der Waals surface area contributed by atoms with Gasteiger partial charge >= 0.3 is 0 Å². The summed E-state index contributed by atoms with van der Waals surface area (Å²) in [5.74, 6) is 3.10. The number of aryl methyl sites for hydroxylation is 1. The number of anilines is 1. The van der Waals surface area contributed by atoms with Crippen LogP contribution in [0.2, 0.25) is 0 Å². The second-order valence-corrected chi connectivity index (χ2v) is 5.08. The fourth-order valence-corrected chi connectivity index (χ4v) is 2.56. The summed E-state index contributed by atoms with van der Waals surface area (Å²) in [6, 6.07) is 0. The zero-order chi connectivity index (χ0) is 14.2. The van der Waals surface area contributed by atoms with Crippen molar-refractivity contribution in [3.05, 3.63) is 30.5 Å². The SMILES string of the molecule is C=C1c2c(nc(CCC)n2C)N(CCC)C(=C)N1C. The summed E-state index contributed by atoms with van der Waals surface area (Å²) in [4.78, 5) is 9.06. The van der Waals surface area contributed by atoms with E-state index >= 15 is 0 Å². The smallest absolute Gasteiger partial charge is 0.162 e. The highest BCUT2D eigenvalue weighted by molar-refractivity contribution is 5.76. The Morgan fingerprint density at radius 2 is 1.79 bits per heavy atom. The van der Waals surface area contributed by atoms with Gasteiger partial charge in [-0.1, -0.05) is 27.0 Å². The Hall–Kier alpha value is -1.71. The van der Waals surface area contributed by atoms with Crippen LogP contribution in [0, 0.1) is 0 Å². The van der Waals surface area contributed by atoms with Gasteiger partial charge in [0.25, 0.3) is 0 Å². The van der Waals surface area contributed by atoms with E-state index in [4.69, 9.17) is 4.98 Å². The van der Waals surface area contributed by atoms with Gasteiger partial charge in [0.05, 0.1) is 5.70 Å². The number of fused-ring (bicyclic) bond motifs is 1. The standard InChI is InChI=1S/C15H24N4/c1-7-9-13-16-15-14(18(13)6)11(3)17(5)12(4)19(15)10-8-2/h3-4,7-10H2,1-2,5-6H3. The maximum Gasteiger partial charge on any atom is 0.162 e. The van der Waals surface area contributed by atoms with Gasteiger partial charge in [-0.2, -0.15) is 0 Å². The molecule has 19 heavy (non-hydrogen) atoms. The third-order valence-corrected chi connectivity index (χ3v) is 3.72. The van der Waals surface area contributed by atoms with Gasteiger partial charge in [-0.15, -0.1) is 0 Å². The summed E-state index contributed by atoms with van der Waals surface area (Å²) < 4.78 is 2.17. The van der Waals surface area contributed by atoms with Crippen LogP contribution in [0.1, 0.15) is 38.2 Å². The first-order valence-electron chi connectivity index (χ1n) is 6.97. The molecule has 104 valence electrons. The lowest BCUT2D eigenvalue weighted by Crippen LogP contribution is -2.37. The van der Waals surface area contributed by atoms with Gasteiger partial charge < -0.3 is 14.4 Å². The van der Waals surface area contributed by atoms with Crippen LogP contribution in [0.15, 0.2) is 19.0 Å². The molecule has 1 aliphatic rings. The molecule has 0 radical (unpaired) electrons. The van der Waals surface area contributed by atoms with Gasteiger partial charge in [0.1, 0.15) is 17.3 Å². The number of nitrogens with zero attached hydrogens (tertiary/aromatic N) is 4. The minimum Gasteiger partial charge on any atom is -0.330 e. The average Bonchev–Trinajstić information content (AvgIpc) is 2.70. The summed E-state index contributed by atoms with van der Waals surface area (Å²) in [5.41, 5.74) is 2.09. The molecule has 0 unspecified atom stereocenters. The molecule has 0 saturated heterocycles. The summed E-state index contributed by atoms with van der Waals surface area (Å²) in [6.07, 6.45) is 3.16. The van der Waals surface area contributed by atoms with E-state index in [1.54, 1.807) is 0 Å². The quantitative estimate of drug-likeness (QED) is 0.832. The fourth-order valence-electron chi connectivity index (χ4n) is 2.56. The van der Waals surface area contributed by atoms with Crippen LogP contribution in [-0.4, -0.2) is 28.0 Å². The van der Waals surface area contributed by atoms with E-state index in [0.717, 1.165) is 54.7 Å². The minimum absolute atomic E-state index is 0.937. The van der Waals surface area contributed by atoms with Crippen molar-refractivity contribution in [3.63, 3.8) is 0 Å². The average molecular weight is 260 g/mol. The molecule has 2 rings (SSSR count). The van der Waals surface area contributed by atoms with Crippen LogP contribution in [0.3, 0.4) is 0 Å². The summed E-state index contributed by atoms with van der Waals surface area (Å²) >= 11 is 0. The number of hydrogen-bond donors (Lipinski definition) is 0. The van der Waals surface area contributed by atoms with Crippen molar-refractivity contribution < 1.29 is 0 Å². The van der Waals surface area contributed by atoms with Crippen LogP contribution in [0.5, 0.6) is 0 Å². The van der Waals surface area contributed by atoms with Crippen LogP contribution < -0.4 is 4.90 Å². The molecule has 1 aliphatic heterocycles. The van der Waals surface area contributed by atoms with Crippen LogP contribution in [-0.2, 0) is 13.5 Å². The topological polar surface area (TPSA) is 24.3 Å². The first-order chi connectivity index (χ1) is 9.02. The predicted molar refractivity (Wildman–Crippen MR) is 80.8 cm³/mol. The summed E-state index contributed by atoms with van der Waals surface area (Å²) in [6.45, 7) is 13.7. The molecule has 0 atom stereocenters. The van der Waals surface area contributed by atoms with Crippen LogP contribution in [0.25, 0.3) is 5.70 Å². The number of imidazole rings is 1. The fraction of sp³-hybridized carbons (Fsp3) is 0.533. The number of aromatic nitrogens is 2. The Labute approximate surface area is 116 Å². The molecule has 0 amide bonds. The Kier molecular flexibility index (Phi) is 3.69. The van der Waals surface area contributed by atoms with E-state index in [1.807, 2.05) is 7.05 Å². The van der Waals surface area contributed by atoms with Crippen molar-refractivity contribution in [3.8, 4) is 0 Å². The molecule has 4 nitrogen and oxygen atoms in total. The van der Waals surface area contributed by atoms with Gasteiger partial charge in [-0.05, 0) is 12.8 Å². The van der Waals surface area contributed by atoms with E-state index in [0.29, 0.717) is 0 Å². The lowest BCUT2D eigenvalue weighted by Gasteiger charge is -2.38. The van der Waals surface area contributed by atoms with Crippen molar-refractivity contribution in [2.45, 2.75) is 33.1 Å². The van der Waals surface area contributed by atoms with Crippen molar-refractivity contribution in [2.24, 2.45) is 7.05 Å². The van der Waals surface area contributed by atoms with Crippen LogP contribution >= 0.6 is 0 Å². The molecule has 1 aromatic heterocycles. The highest BCUT2D eigenvalue weighted by Gasteiger charge is 2.31. The molecule has 0 aliphatic carbocycles. The Balaban J connectivity index is 2.55. The molecule has 0 bridgehead atoms. The Morgan fingerprint density at radius 3 is 2.37 bits per heavy atom. The van der Waals surface area contributed by atoms with Crippen molar-refractivity contribution in [2.75, 3.05) is 18.5 Å². The zero-order valence-electron chi connectivity index (χ0n) is 12.5. The monoisotopic (exact) mass is 260 g/mol. The van der Waals surface area contributed by atoms with Gasteiger partial charge in [0, 0.05) is 27.1 Å². The Bertz CT molecular complexity index is 512. The molecule has 0 N–H and O–H groups in total. The van der Waals surface area contributed by atoms with E-state index < -0.39 is 0 Å². The highest BCUT2D eigenvalue weighted by Crippen LogP contribution is 2.37. The molecule has 0 saturated carbocycles. The lowest BCUT2D eigenvalue weighted by atomic mass is 10.2. The third kappa shape index (κ3) is 2.05. The van der Waals surface area contributed by atoms with Crippen molar-refractivity contribution >= 4 is 11.5 Å². The maximum absolute atomic E-state index is 4.82. The van der Waals surface area contributed by atoms with Gasteiger partial charge in [0.15, 0.2) is 5.82 Å². The van der Waals surface area contributed by atoms with Crippen LogP contribution in [0.4, 0.5) is 5.82 Å². The molecule has 4 heteroatoms. The molecule has 0 spiro atoms. The summed E-state index contributed by atoms with van der Waals surface area (Å²) in [7, 11) is 4.09. The Morgan fingerprint density at radius 1 is 1.11 bits per heavy atom. The first-order valence-corrected chi connectivity index (χ1v) is 6.97. The van der Waals surface area contributed by atoms with Gasteiger partial charge in [0.2, 0.25) is 0 Å². The zero-order valence-corrected chi connectivity index (χ0v) is 12.5. The van der Waals surface area contributed by atoms with Crippen molar-refractivity contribution in [1.82, 2.24) is 14.5 Å². The lowest BCUT2D eigenvalue weighted by molar-refractivity contribution is 0.540. The maximum atomic E-state index is 4.82.